The van der Waals surface area contributed by atoms with Crippen LogP contribution in [0.1, 0.15) is 72.6 Å². The molecule has 212 valence electrons. The standard InChI is InChI=1S/C26H42O9S2/c1-16(2)5-6-17(15-34-36(28,29)30)20-9-10-21-19-8-7-18-13-24(35-37(31,32)33)23(27)14-26(18,4)22(19)11-12-25(20,21)3/h5-7,16-17,19-24,27H,8-15H2,1-4H3,(H,28,29,30)(H,31,32,33)/p-2/b6-5+/t17-,19?,20+,21?,22?,23-,24-,25+,26-/m0/s1. The first-order chi connectivity index (χ1) is 17.0. The Morgan fingerprint density at radius 2 is 1.78 bits per heavy atom. The average molecular weight is 561 g/mol. The molecule has 0 radical (unpaired) electrons. The van der Waals surface area contributed by atoms with Gasteiger partial charge in [-0.05, 0) is 85.4 Å². The molecule has 0 aromatic heterocycles. The van der Waals surface area contributed by atoms with Gasteiger partial charge in [-0.25, -0.2) is 16.8 Å². The summed E-state index contributed by atoms with van der Waals surface area (Å²) in [6.45, 7) is 8.41. The van der Waals surface area contributed by atoms with Crippen molar-refractivity contribution in [2.75, 3.05) is 6.61 Å². The zero-order chi connectivity index (χ0) is 27.4. The Morgan fingerprint density at radius 3 is 2.41 bits per heavy atom. The Labute approximate surface area is 221 Å². The van der Waals surface area contributed by atoms with Crippen molar-refractivity contribution in [2.45, 2.75) is 84.8 Å². The van der Waals surface area contributed by atoms with Gasteiger partial charge < -0.3 is 14.2 Å². The van der Waals surface area contributed by atoms with Gasteiger partial charge in [-0.3, -0.25) is 8.37 Å². The zero-order valence-electron chi connectivity index (χ0n) is 22.0. The van der Waals surface area contributed by atoms with Gasteiger partial charge >= 0.3 is 0 Å². The third kappa shape index (κ3) is 6.02. The molecule has 0 heterocycles. The van der Waals surface area contributed by atoms with Gasteiger partial charge in [0.1, 0.15) is 6.10 Å². The fraction of sp³-hybridized carbons (Fsp3) is 0.846. The maximum absolute atomic E-state index is 11.2. The molecule has 0 saturated heterocycles. The van der Waals surface area contributed by atoms with Crippen LogP contribution in [0.2, 0.25) is 0 Å². The van der Waals surface area contributed by atoms with Crippen molar-refractivity contribution in [1.82, 2.24) is 0 Å². The van der Waals surface area contributed by atoms with Crippen LogP contribution in [-0.4, -0.2) is 49.9 Å². The number of rotatable bonds is 8. The van der Waals surface area contributed by atoms with Crippen molar-refractivity contribution >= 4 is 20.8 Å². The maximum atomic E-state index is 11.2. The third-order valence-electron chi connectivity index (χ3n) is 10.1. The first kappa shape index (κ1) is 29.2. The lowest BCUT2D eigenvalue weighted by Gasteiger charge is -2.59. The van der Waals surface area contributed by atoms with Crippen LogP contribution in [0.3, 0.4) is 0 Å². The topological polar surface area (TPSA) is 153 Å². The molecule has 9 nitrogen and oxygen atoms in total. The molecular formula is C26H40O9S2-2. The smallest absolute Gasteiger partial charge is 0.218 e. The Morgan fingerprint density at radius 1 is 1.08 bits per heavy atom. The largest absolute Gasteiger partial charge is 0.726 e. The van der Waals surface area contributed by atoms with Crippen molar-refractivity contribution in [3.05, 3.63) is 23.8 Å². The number of hydrogen-bond donors (Lipinski definition) is 1. The van der Waals surface area contributed by atoms with Crippen molar-refractivity contribution < 1.29 is 39.4 Å². The molecule has 4 rings (SSSR count). The average Bonchev–Trinajstić information content (AvgIpc) is 3.10. The van der Waals surface area contributed by atoms with E-state index in [1.807, 2.05) is 6.08 Å². The SMILES string of the molecule is CC(C)/C=C/[C@@H](COS(=O)(=O)[O-])[C@H]1CCC2C3CC=C4C[C@H](OS(=O)(=O)[O-])[C@@H](O)C[C@]4(C)C3CC[C@@]21C. The predicted molar refractivity (Wildman–Crippen MR) is 134 cm³/mol. The second-order valence-corrected chi connectivity index (χ2v) is 14.6. The summed E-state index contributed by atoms with van der Waals surface area (Å²) < 4.78 is 76.7. The van der Waals surface area contributed by atoms with Gasteiger partial charge in [0.15, 0.2) is 0 Å². The molecule has 37 heavy (non-hydrogen) atoms. The summed E-state index contributed by atoms with van der Waals surface area (Å²) in [6.07, 6.45) is 9.38. The molecule has 0 amide bonds. The number of hydrogen-bond acceptors (Lipinski definition) is 9. The monoisotopic (exact) mass is 560 g/mol. The molecular weight excluding hydrogens is 520 g/mol. The highest BCUT2D eigenvalue weighted by Crippen LogP contribution is 2.67. The lowest BCUT2D eigenvalue weighted by molar-refractivity contribution is -0.0844. The minimum Gasteiger partial charge on any atom is -0.726 e. The molecule has 4 aliphatic carbocycles. The number of aliphatic hydroxyl groups is 1. The molecule has 3 fully saturated rings. The van der Waals surface area contributed by atoms with Gasteiger partial charge in [0.25, 0.3) is 0 Å². The first-order valence-electron chi connectivity index (χ1n) is 13.3. The molecule has 0 spiro atoms. The van der Waals surface area contributed by atoms with E-state index in [-0.39, 0.29) is 41.6 Å². The molecule has 11 heteroatoms. The highest BCUT2D eigenvalue weighted by molar-refractivity contribution is 7.81. The van der Waals surface area contributed by atoms with Crippen LogP contribution in [-0.2, 0) is 29.2 Å². The molecule has 0 bridgehead atoms. The number of allylic oxidation sites excluding steroid dienone is 2. The molecule has 3 unspecified atom stereocenters. The van der Waals surface area contributed by atoms with Crippen LogP contribution in [0.5, 0.6) is 0 Å². The van der Waals surface area contributed by atoms with Crippen LogP contribution < -0.4 is 0 Å². The van der Waals surface area contributed by atoms with Gasteiger partial charge in [-0.1, -0.05) is 51.5 Å². The van der Waals surface area contributed by atoms with E-state index in [0.29, 0.717) is 24.2 Å². The fourth-order valence-electron chi connectivity index (χ4n) is 8.50. The Balaban J connectivity index is 1.57. The van der Waals surface area contributed by atoms with E-state index in [4.69, 9.17) is 4.18 Å². The zero-order valence-corrected chi connectivity index (χ0v) is 23.7. The van der Waals surface area contributed by atoms with E-state index in [1.54, 1.807) is 0 Å². The van der Waals surface area contributed by atoms with Gasteiger partial charge in [-0.15, -0.1) is 0 Å². The minimum atomic E-state index is -4.91. The van der Waals surface area contributed by atoms with Gasteiger partial charge in [-0.2, -0.15) is 0 Å². The van der Waals surface area contributed by atoms with Crippen LogP contribution in [0.25, 0.3) is 0 Å². The van der Waals surface area contributed by atoms with E-state index in [2.05, 4.69) is 44.0 Å². The Kier molecular flexibility index (Phi) is 8.12. The second-order valence-electron chi connectivity index (χ2n) is 12.5. The molecule has 3 saturated carbocycles. The summed E-state index contributed by atoms with van der Waals surface area (Å²) in [5.41, 5.74) is 0.725. The normalized spacial score (nSPS) is 41.2. The second kappa shape index (κ2) is 10.3. The lowest BCUT2D eigenvalue weighted by atomic mass is 9.46. The predicted octanol–water partition coefficient (Wildman–Crippen LogP) is 3.69. The molecule has 4 aliphatic rings. The quantitative estimate of drug-likeness (QED) is 0.266. The summed E-state index contributed by atoms with van der Waals surface area (Å²) in [5.74, 6) is 1.39. The van der Waals surface area contributed by atoms with E-state index >= 15 is 0 Å². The summed E-state index contributed by atoms with van der Waals surface area (Å²) in [7, 11) is -9.69. The molecule has 1 N–H and O–H groups in total. The Bertz CT molecular complexity index is 1130. The highest BCUT2D eigenvalue weighted by atomic mass is 32.3. The van der Waals surface area contributed by atoms with Gasteiger partial charge in [0.2, 0.25) is 20.8 Å². The highest BCUT2D eigenvalue weighted by Gasteiger charge is 2.60. The summed E-state index contributed by atoms with van der Waals surface area (Å²) >= 11 is 0. The summed E-state index contributed by atoms with van der Waals surface area (Å²) in [6, 6.07) is 0. The number of aliphatic hydroxyl groups excluding tert-OH is 1. The summed E-state index contributed by atoms with van der Waals surface area (Å²) in [5, 5.41) is 10.8. The van der Waals surface area contributed by atoms with Crippen LogP contribution in [0, 0.1) is 46.3 Å². The van der Waals surface area contributed by atoms with Crippen molar-refractivity contribution in [2.24, 2.45) is 46.3 Å². The van der Waals surface area contributed by atoms with E-state index < -0.39 is 33.0 Å². The fourth-order valence-corrected chi connectivity index (χ4v) is 9.32. The molecule has 0 aromatic rings. The molecule has 0 aliphatic heterocycles. The number of fused-ring (bicyclic) bond motifs is 5. The third-order valence-corrected chi connectivity index (χ3v) is 11.0. The summed E-state index contributed by atoms with van der Waals surface area (Å²) in [4.78, 5) is 0. The molecule has 9 atom stereocenters. The van der Waals surface area contributed by atoms with Crippen molar-refractivity contribution in [3.8, 4) is 0 Å². The molecule has 0 aromatic carbocycles. The van der Waals surface area contributed by atoms with Crippen LogP contribution in [0.15, 0.2) is 23.8 Å². The van der Waals surface area contributed by atoms with Crippen molar-refractivity contribution in [3.63, 3.8) is 0 Å². The van der Waals surface area contributed by atoms with E-state index in [9.17, 15) is 31.0 Å². The van der Waals surface area contributed by atoms with E-state index in [0.717, 1.165) is 37.7 Å². The van der Waals surface area contributed by atoms with Crippen LogP contribution >= 0.6 is 0 Å². The minimum absolute atomic E-state index is 0.0412. The van der Waals surface area contributed by atoms with Crippen LogP contribution in [0.4, 0.5) is 0 Å². The maximum Gasteiger partial charge on any atom is 0.218 e. The lowest BCUT2D eigenvalue weighted by Crippen LogP contribution is -2.53. The first-order valence-corrected chi connectivity index (χ1v) is 16.0. The van der Waals surface area contributed by atoms with Gasteiger partial charge in [0.05, 0.1) is 12.7 Å². The Hall–Kier alpha value is -0.820. The van der Waals surface area contributed by atoms with Crippen molar-refractivity contribution in [1.29, 1.82) is 0 Å². The van der Waals surface area contributed by atoms with E-state index in [1.165, 1.54) is 0 Å². The van der Waals surface area contributed by atoms with Gasteiger partial charge in [0, 0.05) is 5.92 Å².